The Kier molecular flexibility index (Phi) is 4.89. The molecule has 1 amide bonds. The number of pyridine rings is 1. The summed E-state index contributed by atoms with van der Waals surface area (Å²) in [5, 5.41) is 9.36. The van der Waals surface area contributed by atoms with Crippen molar-refractivity contribution in [3.63, 3.8) is 0 Å². The predicted octanol–water partition coefficient (Wildman–Crippen LogP) is 4.13. The predicted molar refractivity (Wildman–Crippen MR) is 90.0 cm³/mol. The lowest BCUT2D eigenvalue weighted by atomic mass is 9.89. The Labute approximate surface area is 149 Å². The molecule has 0 aliphatic carbocycles. The Hall–Kier alpha value is -2.57. The van der Waals surface area contributed by atoms with Crippen molar-refractivity contribution >= 4 is 5.91 Å². The smallest absolute Gasteiger partial charge is 0.433 e. The Bertz CT molecular complexity index is 795. The van der Waals surface area contributed by atoms with Gasteiger partial charge >= 0.3 is 6.18 Å². The van der Waals surface area contributed by atoms with Gasteiger partial charge in [-0.25, -0.2) is 4.98 Å². The number of halogens is 3. The van der Waals surface area contributed by atoms with Crippen LogP contribution in [0.1, 0.15) is 46.1 Å². The van der Waals surface area contributed by atoms with Gasteiger partial charge < -0.3 is 10.0 Å². The van der Waals surface area contributed by atoms with E-state index in [4.69, 9.17) is 0 Å². The highest BCUT2D eigenvalue weighted by atomic mass is 19.4. The molecule has 2 heterocycles. The van der Waals surface area contributed by atoms with Gasteiger partial charge in [0, 0.05) is 13.1 Å². The normalized spacial score (nSPS) is 15.9. The number of alkyl halides is 3. The molecule has 26 heavy (non-hydrogen) atoms. The number of rotatable bonds is 2. The number of aromatic nitrogens is 1. The molecule has 2 aromatic rings. The zero-order chi connectivity index (χ0) is 18.9. The lowest BCUT2D eigenvalue weighted by Gasteiger charge is -2.32. The SMILES string of the molecule is Cc1nc(C(F)(F)F)ccc1C(=O)N1CCC(c2ccc(O)cc2)CC1. The minimum absolute atomic E-state index is 0.0884. The number of aryl methyl sites for hydroxylation is 1. The monoisotopic (exact) mass is 364 g/mol. The molecule has 1 aliphatic heterocycles. The van der Waals surface area contributed by atoms with E-state index in [1.165, 1.54) is 13.0 Å². The van der Waals surface area contributed by atoms with E-state index in [0.717, 1.165) is 24.5 Å². The van der Waals surface area contributed by atoms with Crippen molar-refractivity contribution in [2.75, 3.05) is 13.1 Å². The molecule has 1 saturated heterocycles. The molecule has 0 bridgehead atoms. The van der Waals surface area contributed by atoms with Gasteiger partial charge in [-0.05, 0) is 55.5 Å². The zero-order valence-electron chi connectivity index (χ0n) is 14.3. The fourth-order valence-corrected chi connectivity index (χ4v) is 3.28. The minimum Gasteiger partial charge on any atom is -0.508 e. The van der Waals surface area contributed by atoms with E-state index < -0.39 is 11.9 Å². The first-order valence-electron chi connectivity index (χ1n) is 8.39. The van der Waals surface area contributed by atoms with Crippen LogP contribution in [-0.4, -0.2) is 34.0 Å². The molecule has 1 N–H and O–H groups in total. The van der Waals surface area contributed by atoms with Gasteiger partial charge in [0.1, 0.15) is 11.4 Å². The summed E-state index contributed by atoms with van der Waals surface area (Å²) in [5.41, 5.74) is 0.423. The van der Waals surface area contributed by atoms with Gasteiger partial charge in [-0.15, -0.1) is 0 Å². The highest BCUT2D eigenvalue weighted by molar-refractivity contribution is 5.95. The van der Waals surface area contributed by atoms with Gasteiger partial charge in [-0.1, -0.05) is 12.1 Å². The van der Waals surface area contributed by atoms with Crippen LogP contribution in [0.2, 0.25) is 0 Å². The number of benzene rings is 1. The molecule has 0 saturated carbocycles. The first kappa shape index (κ1) is 18.2. The van der Waals surface area contributed by atoms with E-state index in [9.17, 15) is 23.1 Å². The summed E-state index contributed by atoms with van der Waals surface area (Å²) >= 11 is 0. The molecule has 0 spiro atoms. The number of carbonyl (C=O) groups excluding carboxylic acids is 1. The van der Waals surface area contributed by atoms with Crippen LogP contribution >= 0.6 is 0 Å². The van der Waals surface area contributed by atoms with Crippen molar-refractivity contribution < 1.29 is 23.1 Å². The van der Waals surface area contributed by atoms with Crippen molar-refractivity contribution in [2.24, 2.45) is 0 Å². The molecule has 1 aromatic heterocycles. The number of nitrogens with zero attached hydrogens (tertiary/aromatic N) is 2. The fraction of sp³-hybridized carbons (Fsp3) is 0.368. The maximum atomic E-state index is 12.7. The summed E-state index contributed by atoms with van der Waals surface area (Å²) in [5.74, 6) is 0.228. The largest absolute Gasteiger partial charge is 0.508 e. The third-order valence-corrected chi connectivity index (χ3v) is 4.75. The van der Waals surface area contributed by atoms with Gasteiger partial charge in [-0.3, -0.25) is 4.79 Å². The topological polar surface area (TPSA) is 53.4 Å². The molecule has 0 unspecified atom stereocenters. The fourth-order valence-electron chi connectivity index (χ4n) is 3.28. The number of phenolic OH excluding ortho intramolecular Hbond substituents is 1. The van der Waals surface area contributed by atoms with Crippen molar-refractivity contribution in [1.29, 1.82) is 0 Å². The first-order chi connectivity index (χ1) is 12.3. The minimum atomic E-state index is -4.52. The van der Waals surface area contributed by atoms with Crippen molar-refractivity contribution in [2.45, 2.75) is 31.9 Å². The van der Waals surface area contributed by atoms with Crippen LogP contribution in [0.15, 0.2) is 36.4 Å². The molecule has 1 aliphatic rings. The maximum Gasteiger partial charge on any atom is 0.433 e. The van der Waals surface area contributed by atoms with E-state index >= 15 is 0 Å². The number of hydrogen-bond acceptors (Lipinski definition) is 3. The van der Waals surface area contributed by atoms with E-state index in [-0.39, 0.29) is 22.9 Å². The van der Waals surface area contributed by atoms with Gasteiger partial charge in [-0.2, -0.15) is 13.2 Å². The number of phenols is 1. The van der Waals surface area contributed by atoms with E-state index in [1.54, 1.807) is 17.0 Å². The van der Waals surface area contributed by atoms with Crippen LogP contribution in [0.4, 0.5) is 13.2 Å². The summed E-state index contributed by atoms with van der Waals surface area (Å²) in [6, 6.07) is 9.10. The van der Waals surface area contributed by atoms with Crippen molar-refractivity contribution in [3.8, 4) is 5.75 Å². The second kappa shape index (κ2) is 6.97. The molecule has 138 valence electrons. The lowest BCUT2D eigenvalue weighted by Crippen LogP contribution is -2.38. The number of piperidine rings is 1. The molecule has 1 fully saturated rings. The second-order valence-corrected chi connectivity index (χ2v) is 6.49. The van der Waals surface area contributed by atoms with Gasteiger partial charge in [0.15, 0.2) is 0 Å². The van der Waals surface area contributed by atoms with Crippen molar-refractivity contribution in [3.05, 3.63) is 58.9 Å². The summed E-state index contributed by atoms with van der Waals surface area (Å²) in [6.07, 6.45) is -2.98. The average Bonchev–Trinajstić information content (AvgIpc) is 2.61. The van der Waals surface area contributed by atoms with Crippen LogP contribution in [0.5, 0.6) is 5.75 Å². The number of aromatic hydroxyl groups is 1. The second-order valence-electron chi connectivity index (χ2n) is 6.49. The summed E-state index contributed by atoms with van der Waals surface area (Å²) in [4.78, 5) is 17.8. The Morgan fingerprint density at radius 3 is 2.27 bits per heavy atom. The summed E-state index contributed by atoms with van der Waals surface area (Å²) in [7, 11) is 0. The molecule has 3 rings (SSSR count). The van der Waals surface area contributed by atoms with Crippen molar-refractivity contribution in [1.82, 2.24) is 9.88 Å². The number of likely N-dealkylation sites (tertiary alicyclic amines) is 1. The number of carbonyl (C=O) groups is 1. The Morgan fingerprint density at radius 1 is 1.12 bits per heavy atom. The molecule has 4 nitrogen and oxygen atoms in total. The van der Waals surface area contributed by atoms with Crippen LogP contribution in [-0.2, 0) is 6.18 Å². The van der Waals surface area contributed by atoms with Crippen LogP contribution in [0, 0.1) is 6.92 Å². The maximum absolute atomic E-state index is 12.7. The summed E-state index contributed by atoms with van der Waals surface area (Å²) in [6.45, 7) is 2.49. The van der Waals surface area contributed by atoms with Crippen LogP contribution in [0.3, 0.4) is 0 Å². The van der Waals surface area contributed by atoms with E-state index in [2.05, 4.69) is 4.98 Å². The van der Waals surface area contributed by atoms with Gasteiger partial charge in [0.05, 0.1) is 11.3 Å². The van der Waals surface area contributed by atoms with E-state index in [0.29, 0.717) is 19.0 Å². The number of hydrogen-bond donors (Lipinski definition) is 1. The Balaban J connectivity index is 1.68. The lowest BCUT2D eigenvalue weighted by molar-refractivity contribution is -0.141. The first-order valence-corrected chi connectivity index (χ1v) is 8.39. The highest BCUT2D eigenvalue weighted by Crippen LogP contribution is 2.31. The third-order valence-electron chi connectivity index (χ3n) is 4.75. The van der Waals surface area contributed by atoms with Crippen LogP contribution < -0.4 is 0 Å². The summed E-state index contributed by atoms with van der Waals surface area (Å²) < 4.78 is 38.1. The molecular formula is C19H19F3N2O2. The standard InChI is InChI=1S/C19H19F3N2O2/c1-12-16(6-7-17(23-12)19(20,21)22)18(26)24-10-8-14(9-11-24)13-2-4-15(25)5-3-13/h2-7,14,25H,8-11H2,1H3. The quantitative estimate of drug-likeness (QED) is 0.872. The van der Waals surface area contributed by atoms with Gasteiger partial charge in [0.25, 0.3) is 5.91 Å². The Morgan fingerprint density at radius 2 is 1.73 bits per heavy atom. The average molecular weight is 364 g/mol. The molecule has 1 aromatic carbocycles. The molecule has 0 atom stereocenters. The zero-order valence-corrected chi connectivity index (χ0v) is 14.3. The molecular weight excluding hydrogens is 345 g/mol. The number of amides is 1. The van der Waals surface area contributed by atoms with Crippen LogP contribution in [0.25, 0.3) is 0 Å². The molecule has 7 heteroatoms. The third kappa shape index (κ3) is 3.81. The highest BCUT2D eigenvalue weighted by Gasteiger charge is 2.33. The van der Waals surface area contributed by atoms with E-state index in [1.807, 2.05) is 12.1 Å². The van der Waals surface area contributed by atoms with Gasteiger partial charge in [0.2, 0.25) is 0 Å². The molecule has 0 radical (unpaired) electrons.